The van der Waals surface area contributed by atoms with E-state index >= 15 is 0 Å². The molecule has 0 saturated heterocycles. The molecule has 21 heavy (non-hydrogen) atoms. The van der Waals surface area contributed by atoms with Gasteiger partial charge in [-0.3, -0.25) is 9.63 Å². The molecule has 1 amide bonds. The lowest BCUT2D eigenvalue weighted by Crippen LogP contribution is -2.21. The Hall–Kier alpha value is -1.75. The van der Waals surface area contributed by atoms with Crippen molar-refractivity contribution in [3.05, 3.63) is 63.6 Å². The fourth-order valence-corrected chi connectivity index (χ4v) is 2.27. The molecule has 110 valence electrons. The topological polar surface area (TPSA) is 49.8 Å². The quantitative estimate of drug-likeness (QED) is 0.649. The number of amides is 1. The van der Waals surface area contributed by atoms with Gasteiger partial charge in [0.2, 0.25) is 6.41 Å². The number of halogens is 2. The van der Waals surface area contributed by atoms with Gasteiger partial charge < -0.3 is 5.11 Å². The van der Waals surface area contributed by atoms with Gasteiger partial charge in [0.1, 0.15) is 6.61 Å². The predicted octanol–water partition coefficient (Wildman–Crippen LogP) is 3.79. The summed E-state index contributed by atoms with van der Waals surface area (Å²) >= 11 is 11.7. The molecule has 0 aliphatic carbocycles. The summed E-state index contributed by atoms with van der Waals surface area (Å²) in [6.45, 7) is 0.454. The number of nitrogens with zero attached hydrogens (tertiary/aromatic N) is 1. The van der Waals surface area contributed by atoms with Crippen molar-refractivity contribution in [1.82, 2.24) is 5.06 Å². The molecule has 0 heterocycles. The van der Waals surface area contributed by atoms with Crippen molar-refractivity contribution in [3.8, 4) is 5.75 Å². The molecule has 6 heteroatoms. The van der Waals surface area contributed by atoms with Crippen LogP contribution >= 0.6 is 23.2 Å². The van der Waals surface area contributed by atoms with Crippen LogP contribution in [0.15, 0.2) is 42.5 Å². The number of phenols is 1. The van der Waals surface area contributed by atoms with E-state index in [0.29, 0.717) is 12.0 Å². The maximum atomic E-state index is 11.1. The fourth-order valence-electron chi connectivity index (χ4n) is 1.73. The SMILES string of the molecule is O=CN(Cc1cc(Cl)c(O)c(Cl)c1)OCc1ccccc1. The van der Waals surface area contributed by atoms with Crippen LogP contribution in [0.1, 0.15) is 11.1 Å². The summed E-state index contributed by atoms with van der Waals surface area (Å²) in [5.74, 6) is -0.176. The average Bonchev–Trinajstić information content (AvgIpc) is 2.50. The van der Waals surface area contributed by atoms with Crippen LogP contribution in [0.2, 0.25) is 10.0 Å². The van der Waals surface area contributed by atoms with Crippen LogP contribution in [0.3, 0.4) is 0 Å². The third kappa shape index (κ3) is 4.36. The van der Waals surface area contributed by atoms with E-state index < -0.39 is 0 Å². The van der Waals surface area contributed by atoms with Crippen molar-refractivity contribution in [2.45, 2.75) is 13.2 Å². The highest BCUT2D eigenvalue weighted by Crippen LogP contribution is 2.33. The van der Waals surface area contributed by atoms with Gasteiger partial charge in [0, 0.05) is 0 Å². The summed E-state index contributed by atoms with van der Waals surface area (Å²) in [6.07, 6.45) is 0.581. The second-order valence-electron chi connectivity index (χ2n) is 4.35. The molecule has 1 N–H and O–H groups in total. The average molecular weight is 326 g/mol. The molecule has 0 saturated carbocycles. The first kappa shape index (κ1) is 15.6. The van der Waals surface area contributed by atoms with E-state index in [1.54, 1.807) is 0 Å². The lowest BCUT2D eigenvalue weighted by Gasteiger charge is -2.17. The summed E-state index contributed by atoms with van der Waals surface area (Å²) in [7, 11) is 0. The third-order valence-electron chi connectivity index (χ3n) is 2.77. The number of carbonyl (C=O) groups excluding carboxylic acids is 1. The maximum absolute atomic E-state index is 11.1. The van der Waals surface area contributed by atoms with Crippen molar-refractivity contribution in [2.24, 2.45) is 0 Å². The number of hydrogen-bond acceptors (Lipinski definition) is 3. The van der Waals surface area contributed by atoms with E-state index in [4.69, 9.17) is 28.0 Å². The monoisotopic (exact) mass is 325 g/mol. The minimum atomic E-state index is -0.176. The molecule has 0 fully saturated rings. The van der Waals surface area contributed by atoms with Crippen molar-refractivity contribution >= 4 is 29.6 Å². The largest absolute Gasteiger partial charge is 0.505 e. The van der Waals surface area contributed by atoms with Gasteiger partial charge in [-0.05, 0) is 23.3 Å². The summed E-state index contributed by atoms with van der Waals surface area (Å²) in [6, 6.07) is 12.6. The highest BCUT2D eigenvalue weighted by Gasteiger charge is 2.10. The normalized spacial score (nSPS) is 10.4. The van der Waals surface area contributed by atoms with Crippen molar-refractivity contribution in [1.29, 1.82) is 0 Å². The smallest absolute Gasteiger partial charge is 0.233 e. The van der Waals surface area contributed by atoms with E-state index in [9.17, 15) is 9.90 Å². The number of aromatic hydroxyl groups is 1. The van der Waals surface area contributed by atoms with Crippen LogP contribution in [-0.2, 0) is 22.8 Å². The van der Waals surface area contributed by atoms with Gasteiger partial charge in [-0.1, -0.05) is 53.5 Å². The molecule has 2 aromatic rings. The minimum Gasteiger partial charge on any atom is -0.505 e. The van der Waals surface area contributed by atoms with E-state index in [1.807, 2.05) is 30.3 Å². The highest BCUT2D eigenvalue weighted by molar-refractivity contribution is 6.37. The molecule has 0 aliphatic rings. The first-order chi connectivity index (χ1) is 10.1. The number of hydrogen-bond donors (Lipinski definition) is 1. The van der Waals surface area contributed by atoms with Crippen molar-refractivity contribution < 1.29 is 14.7 Å². The molecule has 2 rings (SSSR count). The van der Waals surface area contributed by atoms with Crippen LogP contribution in [-0.4, -0.2) is 16.6 Å². The van der Waals surface area contributed by atoms with Gasteiger partial charge in [0.05, 0.1) is 16.6 Å². The standard InChI is InChI=1S/C15H13Cl2NO3/c16-13-6-12(7-14(17)15(13)20)8-18(10-19)21-9-11-4-2-1-3-5-11/h1-7,10,20H,8-9H2. The zero-order valence-electron chi connectivity index (χ0n) is 11.0. The fraction of sp³-hybridized carbons (Fsp3) is 0.133. The third-order valence-corrected chi connectivity index (χ3v) is 3.35. The lowest BCUT2D eigenvalue weighted by molar-refractivity contribution is -0.181. The van der Waals surface area contributed by atoms with Crippen LogP contribution < -0.4 is 0 Å². The second-order valence-corrected chi connectivity index (χ2v) is 5.16. The zero-order valence-corrected chi connectivity index (χ0v) is 12.5. The molecular weight excluding hydrogens is 313 g/mol. The molecular formula is C15H13Cl2NO3. The van der Waals surface area contributed by atoms with Crippen LogP contribution in [0.25, 0.3) is 0 Å². The van der Waals surface area contributed by atoms with Crippen LogP contribution in [0, 0.1) is 0 Å². The van der Waals surface area contributed by atoms with Crippen LogP contribution in [0.4, 0.5) is 0 Å². The molecule has 4 nitrogen and oxygen atoms in total. The molecule has 0 radical (unpaired) electrons. The molecule has 0 unspecified atom stereocenters. The van der Waals surface area contributed by atoms with Crippen molar-refractivity contribution in [3.63, 3.8) is 0 Å². The summed E-state index contributed by atoms with van der Waals surface area (Å²) < 4.78 is 0. The number of phenolic OH excluding ortho intramolecular Hbond substituents is 1. The number of rotatable bonds is 6. The summed E-state index contributed by atoms with van der Waals surface area (Å²) in [5.41, 5.74) is 1.61. The van der Waals surface area contributed by atoms with Gasteiger partial charge >= 0.3 is 0 Å². The Morgan fingerprint density at radius 2 is 1.71 bits per heavy atom. The van der Waals surface area contributed by atoms with Gasteiger partial charge in [0.15, 0.2) is 5.75 Å². The van der Waals surface area contributed by atoms with Gasteiger partial charge in [0.25, 0.3) is 0 Å². The van der Waals surface area contributed by atoms with E-state index in [2.05, 4.69) is 0 Å². The zero-order chi connectivity index (χ0) is 15.2. The van der Waals surface area contributed by atoms with Gasteiger partial charge in [-0.2, -0.15) is 0 Å². The number of carbonyl (C=O) groups is 1. The minimum absolute atomic E-state index is 0.131. The Labute approximate surface area is 132 Å². The Morgan fingerprint density at radius 3 is 2.29 bits per heavy atom. The number of benzene rings is 2. The highest BCUT2D eigenvalue weighted by atomic mass is 35.5. The first-order valence-electron chi connectivity index (χ1n) is 6.16. The molecule has 2 aromatic carbocycles. The summed E-state index contributed by atoms with van der Waals surface area (Å²) in [4.78, 5) is 16.5. The van der Waals surface area contributed by atoms with E-state index in [0.717, 1.165) is 10.6 Å². The Kier molecular flexibility index (Phi) is 5.44. The Balaban J connectivity index is 2.01. The maximum Gasteiger partial charge on any atom is 0.233 e. The predicted molar refractivity (Wildman–Crippen MR) is 81.0 cm³/mol. The molecule has 0 atom stereocenters. The molecule has 0 bridgehead atoms. The summed E-state index contributed by atoms with van der Waals surface area (Å²) in [5, 5.41) is 10.9. The van der Waals surface area contributed by atoms with Gasteiger partial charge in [-0.25, -0.2) is 5.06 Å². The van der Waals surface area contributed by atoms with Gasteiger partial charge in [-0.15, -0.1) is 0 Å². The number of hydroxylamine groups is 2. The Morgan fingerprint density at radius 1 is 1.10 bits per heavy atom. The first-order valence-corrected chi connectivity index (χ1v) is 6.91. The van der Waals surface area contributed by atoms with E-state index in [1.165, 1.54) is 12.1 Å². The molecule has 0 spiro atoms. The van der Waals surface area contributed by atoms with E-state index in [-0.39, 0.29) is 28.9 Å². The van der Waals surface area contributed by atoms with Crippen LogP contribution in [0.5, 0.6) is 5.75 Å². The second kappa shape index (κ2) is 7.31. The molecule has 0 aliphatic heterocycles. The lowest BCUT2D eigenvalue weighted by atomic mass is 10.2. The Bertz CT molecular complexity index is 597. The molecule has 0 aromatic heterocycles. The van der Waals surface area contributed by atoms with Crippen molar-refractivity contribution in [2.75, 3.05) is 0 Å².